The Morgan fingerprint density at radius 3 is 3.08 bits per heavy atom. The Morgan fingerprint density at radius 2 is 2.31 bits per heavy atom. The second-order valence-corrected chi connectivity index (χ2v) is 7.03. The van der Waals surface area contributed by atoms with Gasteiger partial charge in [0.1, 0.15) is 12.7 Å². The number of nitrogens with one attached hydrogen (secondary N) is 3. The predicted octanol–water partition coefficient (Wildman–Crippen LogP) is 1.42. The molecule has 4 rings (SSSR count). The molecular weight excluding hydrogens is 352 g/mol. The van der Waals surface area contributed by atoms with Crippen LogP contribution in [0.3, 0.4) is 0 Å². The van der Waals surface area contributed by atoms with Crippen LogP contribution in [0, 0.1) is 6.92 Å². The quantitative estimate of drug-likeness (QED) is 0.595. The molecule has 2 aromatic rings. The molecule has 8 nitrogen and oxygen atoms in total. The van der Waals surface area contributed by atoms with Gasteiger partial charge in [-0.3, -0.25) is 14.7 Å². The van der Waals surface area contributed by atoms with E-state index in [4.69, 9.17) is 5.11 Å². The number of carboxylic acid groups (broad SMARTS) is 1. The van der Waals surface area contributed by atoms with Crippen molar-refractivity contribution < 1.29 is 14.8 Å². The van der Waals surface area contributed by atoms with Crippen LogP contribution < -0.4 is 10.2 Å². The monoisotopic (exact) mass is 369 g/mol. The van der Waals surface area contributed by atoms with E-state index in [1.165, 1.54) is 11.9 Å². The molecule has 0 saturated carbocycles. The molecule has 2 aliphatic heterocycles. The summed E-state index contributed by atoms with van der Waals surface area (Å²) in [5, 5.41) is 19.6. The highest BCUT2D eigenvalue weighted by molar-refractivity contribution is 7.97. The Bertz CT molecular complexity index is 948. The van der Waals surface area contributed by atoms with Crippen molar-refractivity contribution in [2.75, 3.05) is 11.9 Å². The molecule has 2 aliphatic rings. The second-order valence-electron chi connectivity index (χ2n) is 5.91. The van der Waals surface area contributed by atoms with Gasteiger partial charge in [-0.25, -0.2) is 14.7 Å². The molecule has 1 aromatic heterocycles. The van der Waals surface area contributed by atoms with E-state index < -0.39 is 5.97 Å². The maximum atomic E-state index is 11.2. The number of aromatic amines is 1. The predicted molar refractivity (Wildman–Crippen MR) is 98.5 cm³/mol. The lowest BCUT2D eigenvalue weighted by Crippen LogP contribution is -3.10. The van der Waals surface area contributed by atoms with Gasteiger partial charge in [0, 0.05) is 16.7 Å². The van der Waals surface area contributed by atoms with Crippen LogP contribution in [0.1, 0.15) is 16.1 Å². The highest BCUT2D eigenvalue weighted by Crippen LogP contribution is 2.25. The number of carboxylic acids is 1. The number of aromatic nitrogens is 2. The molecule has 1 atom stereocenters. The number of aromatic carboxylic acids is 1. The van der Waals surface area contributed by atoms with Crippen LogP contribution in [-0.2, 0) is 0 Å². The summed E-state index contributed by atoms with van der Waals surface area (Å²) < 4.78 is 2.03. The molecule has 1 unspecified atom stereocenters. The third-order valence-corrected chi connectivity index (χ3v) is 4.86. The van der Waals surface area contributed by atoms with Crippen LogP contribution in [0.25, 0.3) is 0 Å². The number of aliphatic imine (C=N–C) groups is 1. The Balaban J connectivity index is 1.58. The second kappa shape index (κ2) is 6.70. The molecule has 26 heavy (non-hydrogen) atoms. The SMILES string of the molecule is Cc1cc(NC2=CN(Sc3cccc(C(=O)O)c3)CC3=NC=C[NH+]23)n[nH]1. The van der Waals surface area contributed by atoms with Crippen molar-refractivity contribution in [2.45, 2.75) is 11.8 Å². The van der Waals surface area contributed by atoms with Crippen molar-refractivity contribution in [2.24, 2.45) is 4.99 Å². The molecule has 132 valence electrons. The van der Waals surface area contributed by atoms with Crippen LogP contribution in [-0.4, -0.2) is 38.0 Å². The number of anilines is 1. The van der Waals surface area contributed by atoms with Crippen molar-refractivity contribution >= 4 is 29.6 Å². The largest absolute Gasteiger partial charge is 0.478 e. The highest BCUT2D eigenvalue weighted by Gasteiger charge is 2.32. The van der Waals surface area contributed by atoms with Gasteiger partial charge in [-0.05, 0) is 37.1 Å². The Kier molecular flexibility index (Phi) is 4.23. The highest BCUT2D eigenvalue weighted by atomic mass is 32.2. The van der Waals surface area contributed by atoms with Crippen molar-refractivity contribution in [1.82, 2.24) is 14.5 Å². The van der Waals surface area contributed by atoms with Gasteiger partial charge >= 0.3 is 5.97 Å². The van der Waals surface area contributed by atoms with Crippen molar-refractivity contribution in [3.8, 4) is 0 Å². The number of fused-ring (bicyclic) bond motifs is 1. The summed E-state index contributed by atoms with van der Waals surface area (Å²) in [6, 6.07) is 8.82. The zero-order valence-corrected chi connectivity index (χ0v) is 14.7. The average Bonchev–Trinajstić information content (AvgIpc) is 3.24. The summed E-state index contributed by atoms with van der Waals surface area (Å²) >= 11 is 1.47. The maximum Gasteiger partial charge on any atom is 0.335 e. The number of hydrogen-bond donors (Lipinski definition) is 4. The topological polar surface area (TPSA) is 98.1 Å². The normalized spacial score (nSPS) is 18.3. The molecule has 0 bridgehead atoms. The van der Waals surface area contributed by atoms with Crippen molar-refractivity contribution in [3.05, 3.63) is 66.0 Å². The zero-order valence-electron chi connectivity index (χ0n) is 13.9. The van der Waals surface area contributed by atoms with E-state index in [9.17, 15) is 4.79 Å². The first-order valence-corrected chi connectivity index (χ1v) is 8.75. The maximum absolute atomic E-state index is 11.2. The minimum atomic E-state index is -0.933. The smallest absolute Gasteiger partial charge is 0.335 e. The lowest BCUT2D eigenvalue weighted by atomic mass is 10.2. The fourth-order valence-corrected chi connectivity index (χ4v) is 3.68. The number of hydrogen-bond acceptors (Lipinski definition) is 6. The van der Waals surface area contributed by atoms with E-state index in [0.29, 0.717) is 6.54 Å². The number of H-pyrrole nitrogens is 1. The standard InChI is InChI=1S/C17H16N6O2S/c1-11-7-14(21-20-11)19-16-10-22(9-15-18-5-6-23(15)16)26-13-4-2-3-12(8-13)17(24)25/h2-8,10H,9H2,1H3,(H,24,25)(H2,19,20,21)/p+1. The summed E-state index contributed by atoms with van der Waals surface area (Å²) in [5.74, 6) is 1.67. The van der Waals surface area contributed by atoms with Gasteiger partial charge in [-0.15, -0.1) is 0 Å². The molecule has 0 aliphatic carbocycles. The average molecular weight is 369 g/mol. The van der Waals surface area contributed by atoms with E-state index >= 15 is 0 Å². The van der Waals surface area contributed by atoms with Gasteiger partial charge in [0.25, 0.3) is 0 Å². The van der Waals surface area contributed by atoms with Crippen LogP contribution in [0.4, 0.5) is 5.82 Å². The third kappa shape index (κ3) is 3.35. The van der Waals surface area contributed by atoms with Crippen LogP contribution >= 0.6 is 11.9 Å². The third-order valence-electron chi connectivity index (χ3n) is 3.92. The molecule has 0 amide bonds. The van der Waals surface area contributed by atoms with Gasteiger partial charge in [0.2, 0.25) is 11.7 Å². The van der Waals surface area contributed by atoms with Gasteiger partial charge in [-0.2, -0.15) is 5.10 Å². The molecule has 3 heterocycles. The van der Waals surface area contributed by atoms with E-state index in [0.717, 1.165) is 33.0 Å². The van der Waals surface area contributed by atoms with Crippen molar-refractivity contribution in [1.29, 1.82) is 0 Å². The molecule has 0 saturated heterocycles. The van der Waals surface area contributed by atoms with Gasteiger partial charge in [0.05, 0.1) is 18.0 Å². The Hall–Kier alpha value is -3.04. The van der Waals surface area contributed by atoms with Crippen LogP contribution in [0.15, 0.2) is 64.6 Å². The number of nitrogens with zero attached hydrogens (tertiary/aromatic N) is 3. The summed E-state index contributed by atoms with van der Waals surface area (Å²) in [6.07, 6.45) is 5.75. The number of amidine groups is 1. The molecule has 0 spiro atoms. The molecule has 9 heteroatoms. The van der Waals surface area contributed by atoms with Gasteiger partial charge in [0.15, 0.2) is 5.82 Å². The van der Waals surface area contributed by atoms with Gasteiger partial charge < -0.3 is 5.11 Å². The van der Waals surface area contributed by atoms with E-state index in [1.54, 1.807) is 24.4 Å². The first-order chi connectivity index (χ1) is 12.6. The minimum Gasteiger partial charge on any atom is -0.478 e. The number of carbonyl (C=O) groups is 1. The molecule has 1 aromatic carbocycles. The van der Waals surface area contributed by atoms with Gasteiger partial charge in [-0.1, -0.05) is 6.07 Å². The minimum absolute atomic E-state index is 0.272. The fraction of sp³-hybridized carbons (Fsp3) is 0.118. The molecule has 0 fully saturated rings. The number of benzene rings is 1. The van der Waals surface area contributed by atoms with E-state index in [2.05, 4.69) is 20.5 Å². The van der Waals surface area contributed by atoms with Crippen molar-refractivity contribution in [3.63, 3.8) is 0 Å². The summed E-state index contributed by atoms with van der Waals surface area (Å²) in [4.78, 5) is 17.5. The first-order valence-electron chi connectivity index (χ1n) is 7.98. The van der Waals surface area contributed by atoms with E-state index in [-0.39, 0.29) is 5.56 Å². The number of aryl methyl sites for hydroxylation is 1. The number of quaternary nitrogens is 1. The van der Waals surface area contributed by atoms with Crippen LogP contribution in [0.5, 0.6) is 0 Å². The fourth-order valence-electron chi connectivity index (χ4n) is 2.75. The molecule has 0 radical (unpaired) electrons. The zero-order chi connectivity index (χ0) is 18.1. The lowest BCUT2D eigenvalue weighted by Gasteiger charge is -2.27. The summed E-state index contributed by atoms with van der Waals surface area (Å²) in [6.45, 7) is 2.58. The molecular formula is C17H17N6O2S+. The number of rotatable bonds is 5. The van der Waals surface area contributed by atoms with Crippen LogP contribution in [0.2, 0.25) is 0 Å². The summed E-state index contributed by atoms with van der Waals surface area (Å²) in [7, 11) is 0. The molecule has 4 N–H and O–H groups in total. The Morgan fingerprint density at radius 1 is 1.42 bits per heavy atom. The van der Waals surface area contributed by atoms with E-state index in [1.807, 2.05) is 35.8 Å². The Labute approximate surface area is 154 Å². The lowest BCUT2D eigenvalue weighted by molar-refractivity contribution is -0.699. The first kappa shape index (κ1) is 16.4. The summed E-state index contributed by atoms with van der Waals surface area (Å²) in [5.41, 5.74) is 1.25.